The minimum Gasteiger partial charge on any atom is -0.422 e. The fourth-order valence-electron chi connectivity index (χ4n) is 2.88. The molecule has 4 rings (SSSR count). The Hall–Kier alpha value is -3.40. The number of hydrogen-bond acceptors (Lipinski definition) is 4. The molecule has 0 saturated carbocycles. The van der Waals surface area contributed by atoms with E-state index in [2.05, 4.69) is 10.3 Å². The summed E-state index contributed by atoms with van der Waals surface area (Å²) in [5.74, 6) is 0. The lowest BCUT2D eigenvalue weighted by Gasteiger charge is -2.20. The van der Waals surface area contributed by atoms with Crippen LogP contribution < -0.4 is 10.9 Å². The van der Waals surface area contributed by atoms with Crippen LogP contribution in [0.4, 0.5) is 5.69 Å². The van der Waals surface area contributed by atoms with Gasteiger partial charge >= 0.3 is 5.63 Å². The van der Waals surface area contributed by atoms with Crippen LogP contribution in [0.2, 0.25) is 0 Å². The number of hydrogen-bond donors (Lipinski definition) is 1. The molecule has 1 unspecified atom stereocenters. The van der Waals surface area contributed by atoms with E-state index in [-0.39, 0.29) is 11.7 Å². The zero-order valence-electron chi connectivity index (χ0n) is 13.4. The summed E-state index contributed by atoms with van der Waals surface area (Å²) in [5, 5.41) is 4.29. The van der Waals surface area contributed by atoms with Gasteiger partial charge in [-0.25, -0.2) is 4.79 Å². The third kappa shape index (κ3) is 3.15. The Kier molecular flexibility index (Phi) is 4.01. The maximum atomic E-state index is 12.6. The second-order valence-electron chi connectivity index (χ2n) is 5.76. The number of pyridine rings is 1. The minimum absolute atomic E-state index is 0.328. The van der Waals surface area contributed by atoms with Gasteiger partial charge in [0.2, 0.25) is 0 Å². The van der Waals surface area contributed by atoms with Crippen molar-refractivity contribution in [3.8, 4) is 0 Å². The van der Waals surface area contributed by atoms with Gasteiger partial charge in [0.1, 0.15) is 5.58 Å². The first-order valence-corrected chi connectivity index (χ1v) is 8.05. The average molecular weight is 328 g/mol. The average Bonchev–Trinajstić information content (AvgIpc) is 2.67. The Bertz CT molecular complexity index is 1040. The molecule has 2 aromatic carbocycles. The Balaban J connectivity index is 1.86. The second-order valence-corrected chi connectivity index (χ2v) is 5.76. The molecule has 2 heterocycles. The summed E-state index contributed by atoms with van der Waals surface area (Å²) in [6.45, 7) is 0. The summed E-state index contributed by atoms with van der Waals surface area (Å²) in [7, 11) is 0. The highest BCUT2D eigenvalue weighted by atomic mass is 16.4. The number of aromatic nitrogens is 1. The molecule has 2 aromatic heterocycles. The first kappa shape index (κ1) is 15.1. The van der Waals surface area contributed by atoms with Crippen LogP contribution in [-0.2, 0) is 0 Å². The quantitative estimate of drug-likeness (QED) is 0.565. The zero-order valence-corrected chi connectivity index (χ0v) is 13.4. The van der Waals surface area contributed by atoms with Gasteiger partial charge in [-0.3, -0.25) is 4.98 Å². The first-order chi connectivity index (χ1) is 12.3. The van der Waals surface area contributed by atoms with Gasteiger partial charge in [-0.05, 0) is 29.8 Å². The van der Waals surface area contributed by atoms with E-state index in [0.717, 1.165) is 16.6 Å². The molecule has 0 aliphatic carbocycles. The molecule has 4 heteroatoms. The van der Waals surface area contributed by atoms with Crippen molar-refractivity contribution in [1.82, 2.24) is 4.98 Å². The summed E-state index contributed by atoms with van der Waals surface area (Å²) in [4.78, 5) is 16.7. The summed E-state index contributed by atoms with van der Waals surface area (Å²) in [6, 6.07) is 22.7. The molecular formula is C21H16N2O2. The van der Waals surface area contributed by atoms with Gasteiger partial charge in [0.25, 0.3) is 0 Å². The topological polar surface area (TPSA) is 55.1 Å². The van der Waals surface area contributed by atoms with E-state index in [1.165, 1.54) is 0 Å². The molecule has 0 radical (unpaired) electrons. The number of benzene rings is 2. The highest BCUT2D eigenvalue weighted by molar-refractivity contribution is 5.77. The van der Waals surface area contributed by atoms with Crippen molar-refractivity contribution in [3.63, 3.8) is 0 Å². The number of para-hydroxylation sites is 1. The van der Waals surface area contributed by atoms with Gasteiger partial charge in [0.15, 0.2) is 0 Å². The van der Waals surface area contributed by atoms with Gasteiger partial charge in [-0.15, -0.1) is 0 Å². The lowest BCUT2D eigenvalue weighted by Crippen LogP contribution is -2.20. The predicted molar refractivity (Wildman–Crippen MR) is 98.6 cm³/mol. The third-order valence-electron chi connectivity index (χ3n) is 4.08. The van der Waals surface area contributed by atoms with Crippen LogP contribution in [0.5, 0.6) is 0 Å². The van der Waals surface area contributed by atoms with E-state index in [1.54, 1.807) is 18.5 Å². The summed E-state index contributed by atoms with van der Waals surface area (Å²) >= 11 is 0. The predicted octanol–water partition coefficient (Wildman–Crippen LogP) is 4.39. The standard InChI is InChI=1S/C21H16N2O2/c24-21-18(13-16-9-4-5-11-19(16)25-21)20(15-7-2-1-3-8-15)23-17-10-6-12-22-14-17/h1-14,20,23H. The minimum atomic E-state index is -0.344. The van der Waals surface area contributed by atoms with E-state index >= 15 is 0 Å². The number of nitrogens with zero attached hydrogens (tertiary/aromatic N) is 1. The van der Waals surface area contributed by atoms with Crippen molar-refractivity contribution < 1.29 is 4.42 Å². The van der Waals surface area contributed by atoms with Crippen molar-refractivity contribution in [3.05, 3.63) is 107 Å². The number of nitrogens with one attached hydrogen (secondary N) is 1. The largest absolute Gasteiger partial charge is 0.422 e. The van der Waals surface area contributed by atoms with Crippen molar-refractivity contribution >= 4 is 16.7 Å². The molecule has 122 valence electrons. The van der Waals surface area contributed by atoms with Gasteiger partial charge in [-0.1, -0.05) is 48.5 Å². The van der Waals surface area contributed by atoms with Gasteiger partial charge in [0, 0.05) is 17.8 Å². The lowest BCUT2D eigenvalue weighted by molar-refractivity contribution is 0.547. The Morgan fingerprint density at radius 1 is 0.920 bits per heavy atom. The maximum absolute atomic E-state index is 12.6. The molecule has 0 amide bonds. The van der Waals surface area contributed by atoms with Crippen LogP contribution >= 0.6 is 0 Å². The van der Waals surface area contributed by atoms with E-state index in [4.69, 9.17) is 4.42 Å². The fraction of sp³-hybridized carbons (Fsp3) is 0.0476. The molecule has 4 nitrogen and oxygen atoms in total. The lowest BCUT2D eigenvalue weighted by atomic mass is 9.99. The molecule has 1 atom stereocenters. The van der Waals surface area contributed by atoms with E-state index < -0.39 is 0 Å². The van der Waals surface area contributed by atoms with Crippen LogP contribution in [0.3, 0.4) is 0 Å². The first-order valence-electron chi connectivity index (χ1n) is 8.05. The smallest absolute Gasteiger partial charge is 0.341 e. The van der Waals surface area contributed by atoms with Crippen LogP contribution in [0, 0.1) is 0 Å². The number of fused-ring (bicyclic) bond motifs is 1. The van der Waals surface area contributed by atoms with Crippen molar-refractivity contribution in [2.24, 2.45) is 0 Å². The molecule has 0 saturated heterocycles. The van der Waals surface area contributed by atoms with E-state index in [9.17, 15) is 4.79 Å². The van der Waals surface area contributed by atoms with Crippen LogP contribution in [0.25, 0.3) is 11.0 Å². The third-order valence-corrected chi connectivity index (χ3v) is 4.08. The van der Waals surface area contributed by atoms with E-state index in [0.29, 0.717) is 11.1 Å². The fourth-order valence-corrected chi connectivity index (χ4v) is 2.88. The highest BCUT2D eigenvalue weighted by Gasteiger charge is 2.19. The SMILES string of the molecule is O=c1oc2ccccc2cc1C(Nc1cccnc1)c1ccccc1. The van der Waals surface area contributed by atoms with Crippen molar-refractivity contribution in [1.29, 1.82) is 0 Å². The van der Waals surface area contributed by atoms with Gasteiger partial charge in [-0.2, -0.15) is 0 Å². The maximum Gasteiger partial charge on any atom is 0.341 e. The Labute approximate surface area is 144 Å². The summed E-state index contributed by atoms with van der Waals surface area (Å²) in [5.41, 5.74) is 2.62. The molecular weight excluding hydrogens is 312 g/mol. The Morgan fingerprint density at radius 2 is 1.72 bits per heavy atom. The van der Waals surface area contributed by atoms with E-state index in [1.807, 2.05) is 66.7 Å². The molecule has 25 heavy (non-hydrogen) atoms. The number of anilines is 1. The van der Waals surface area contributed by atoms with Gasteiger partial charge < -0.3 is 9.73 Å². The normalized spacial score (nSPS) is 12.0. The van der Waals surface area contributed by atoms with Crippen LogP contribution in [0.1, 0.15) is 17.2 Å². The van der Waals surface area contributed by atoms with Crippen molar-refractivity contribution in [2.75, 3.05) is 5.32 Å². The molecule has 0 aliphatic rings. The Morgan fingerprint density at radius 3 is 2.52 bits per heavy atom. The second kappa shape index (κ2) is 6.61. The summed E-state index contributed by atoms with van der Waals surface area (Å²) in [6.07, 6.45) is 3.45. The highest BCUT2D eigenvalue weighted by Crippen LogP contribution is 2.26. The molecule has 0 fully saturated rings. The number of rotatable bonds is 4. The van der Waals surface area contributed by atoms with Crippen molar-refractivity contribution in [2.45, 2.75) is 6.04 Å². The zero-order chi connectivity index (χ0) is 17.1. The molecule has 0 bridgehead atoms. The monoisotopic (exact) mass is 328 g/mol. The molecule has 0 spiro atoms. The molecule has 0 aliphatic heterocycles. The van der Waals surface area contributed by atoms with Crippen LogP contribution in [-0.4, -0.2) is 4.98 Å². The summed E-state index contributed by atoms with van der Waals surface area (Å²) < 4.78 is 5.52. The molecule has 4 aromatic rings. The van der Waals surface area contributed by atoms with Crippen LogP contribution in [0.15, 0.2) is 94.4 Å². The van der Waals surface area contributed by atoms with Gasteiger partial charge in [0.05, 0.1) is 17.3 Å². The molecule has 1 N–H and O–H groups in total.